The van der Waals surface area contributed by atoms with E-state index >= 15 is 0 Å². The first kappa shape index (κ1) is 17.0. The van der Waals surface area contributed by atoms with E-state index in [1.165, 1.54) is 11.8 Å². The number of fused-ring (bicyclic) bond motifs is 1. The zero-order valence-corrected chi connectivity index (χ0v) is 16.5. The quantitative estimate of drug-likeness (QED) is 0.406. The molecule has 4 aromatic heterocycles. The number of thiophene rings is 1. The van der Waals surface area contributed by atoms with Gasteiger partial charge in [0.1, 0.15) is 5.03 Å². The number of rotatable bonds is 4. The van der Waals surface area contributed by atoms with Crippen LogP contribution in [-0.2, 0) is 7.05 Å². The molecule has 0 saturated carbocycles. The number of benzene rings is 1. The lowest BCUT2D eigenvalue weighted by atomic mass is 10.2. The number of hydrogen-bond donors (Lipinski definition) is 0. The predicted octanol–water partition coefficient (Wildman–Crippen LogP) is 4.70. The van der Waals surface area contributed by atoms with E-state index in [1.807, 2.05) is 65.5 Å². The number of aromatic nitrogens is 6. The maximum atomic E-state index is 4.83. The summed E-state index contributed by atoms with van der Waals surface area (Å²) in [4.78, 5) is 14.7. The van der Waals surface area contributed by atoms with Crippen molar-refractivity contribution < 1.29 is 0 Å². The summed E-state index contributed by atoms with van der Waals surface area (Å²) in [6.45, 7) is 0. The molecule has 1 aromatic carbocycles. The number of para-hydroxylation sites is 1. The van der Waals surface area contributed by atoms with Crippen LogP contribution in [0.5, 0.6) is 0 Å². The Bertz CT molecular complexity index is 1250. The molecule has 0 fully saturated rings. The highest BCUT2D eigenvalue weighted by molar-refractivity contribution is 7.99. The summed E-state index contributed by atoms with van der Waals surface area (Å²) in [7, 11) is 1.96. The molecule has 0 unspecified atom stereocenters. The molecule has 0 bridgehead atoms. The standard InChI is InChI=1S/C20H14N6S2/c1-26-18(13-8-10-21-11-9-13)24-25-20(26)28-19-14-5-2-3-6-15(14)22-17(23-19)16-7-4-12-27-16/h2-12H,1H3. The SMILES string of the molecule is Cn1c(Sc2nc(-c3cccs3)nc3ccccc23)nnc1-c1ccncc1. The van der Waals surface area contributed by atoms with Gasteiger partial charge >= 0.3 is 0 Å². The molecule has 6 nitrogen and oxygen atoms in total. The lowest BCUT2D eigenvalue weighted by Gasteiger charge is -2.08. The van der Waals surface area contributed by atoms with Crippen LogP contribution in [0.15, 0.2) is 76.5 Å². The first-order valence-corrected chi connectivity index (χ1v) is 10.3. The van der Waals surface area contributed by atoms with Gasteiger partial charge in [0.25, 0.3) is 0 Å². The van der Waals surface area contributed by atoms with Crippen molar-refractivity contribution in [2.75, 3.05) is 0 Å². The summed E-state index contributed by atoms with van der Waals surface area (Å²) in [6, 6.07) is 15.9. The molecule has 5 rings (SSSR count). The number of pyridine rings is 1. The molecule has 0 saturated heterocycles. The maximum Gasteiger partial charge on any atom is 0.197 e. The first-order valence-electron chi connectivity index (χ1n) is 8.58. The molecule has 0 aliphatic heterocycles. The van der Waals surface area contributed by atoms with Crippen molar-refractivity contribution in [2.45, 2.75) is 10.2 Å². The molecule has 0 aliphatic rings. The van der Waals surface area contributed by atoms with E-state index in [4.69, 9.17) is 9.97 Å². The Balaban J connectivity index is 1.60. The van der Waals surface area contributed by atoms with Crippen LogP contribution in [0.1, 0.15) is 0 Å². The van der Waals surface area contributed by atoms with Crippen LogP contribution in [-0.4, -0.2) is 29.7 Å². The molecule has 5 aromatic rings. The average Bonchev–Trinajstić information content (AvgIpc) is 3.39. The van der Waals surface area contributed by atoms with Gasteiger partial charge < -0.3 is 4.57 Å². The molecule has 136 valence electrons. The van der Waals surface area contributed by atoms with Crippen LogP contribution in [0.3, 0.4) is 0 Å². The topological polar surface area (TPSA) is 69.4 Å². The summed E-state index contributed by atoms with van der Waals surface area (Å²) in [5.74, 6) is 1.52. The van der Waals surface area contributed by atoms with Gasteiger partial charge in [-0.05, 0) is 41.4 Å². The van der Waals surface area contributed by atoms with Crippen LogP contribution >= 0.6 is 23.1 Å². The Labute approximate surface area is 169 Å². The van der Waals surface area contributed by atoms with Gasteiger partial charge in [-0.1, -0.05) is 24.3 Å². The van der Waals surface area contributed by atoms with Crippen molar-refractivity contribution in [3.63, 3.8) is 0 Å². The Hall–Kier alpha value is -3.10. The minimum absolute atomic E-state index is 0.729. The van der Waals surface area contributed by atoms with E-state index in [0.29, 0.717) is 0 Å². The van der Waals surface area contributed by atoms with Crippen molar-refractivity contribution in [1.82, 2.24) is 29.7 Å². The Morgan fingerprint density at radius 1 is 0.929 bits per heavy atom. The minimum Gasteiger partial charge on any atom is -0.305 e. The lowest BCUT2D eigenvalue weighted by Crippen LogP contribution is -1.97. The van der Waals surface area contributed by atoms with Gasteiger partial charge in [0.15, 0.2) is 16.8 Å². The maximum absolute atomic E-state index is 4.83. The third-order valence-corrected chi connectivity index (χ3v) is 6.18. The second kappa shape index (κ2) is 7.14. The Morgan fingerprint density at radius 2 is 1.79 bits per heavy atom. The van der Waals surface area contributed by atoms with E-state index in [-0.39, 0.29) is 0 Å². The zero-order valence-electron chi connectivity index (χ0n) is 14.9. The van der Waals surface area contributed by atoms with Crippen molar-refractivity contribution in [1.29, 1.82) is 0 Å². The molecule has 0 radical (unpaired) electrons. The monoisotopic (exact) mass is 402 g/mol. The third-order valence-electron chi connectivity index (χ3n) is 4.27. The molecule has 4 heterocycles. The van der Waals surface area contributed by atoms with Gasteiger partial charge in [-0.2, -0.15) is 0 Å². The first-order chi connectivity index (χ1) is 13.8. The fourth-order valence-electron chi connectivity index (χ4n) is 2.88. The van der Waals surface area contributed by atoms with Gasteiger partial charge in [0.2, 0.25) is 0 Å². The number of nitrogens with zero attached hydrogens (tertiary/aromatic N) is 6. The molecule has 28 heavy (non-hydrogen) atoms. The third kappa shape index (κ3) is 3.06. The van der Waals surface area contributed by atoms with E-state index in [2.05, 4.69) is 15.2 Å². The summed E-state index contributed by atoms with van der Waals surface area (Å²) in [6.07, 6.45) is 3.50. The van der Waals surface area contributed by atoms with E-state index < -0.39 is 0 Å². The van der Waals surface area contributed by atoms with Gasteiger partial charge in [-0.25, -0.2) is 9.97 Å². The fraction of sp³-hybridized carbons (Fsp3) is 0.0500. The Morgan fingerprint density at radius 3 is 2.61 bits per heavy atom. The van der Waals surface area contributed by atoms with Crippen LogP contribution in [0.25, 0.3) is 33.0 Å². The van der Waals surface area contributed by atoms with E-state index in [1.54, 1.807) is 23.7 Å². The fourth-order valence-corrected chi connectivity index (χ4v) is 4.43. The average molecular weight is 403 g/mol. The van der Waals surface area contributed by atoms with Crippen LogP contribution in [0.4, 0.5) is 0 Å². The second-order valence-electron chi connectivity index (χ2n) is 6.05. The lowest BCUT2D eigenvalue weighted by molar-refractivity contribution is 0.792. The van der Waals surface area contributed by atoms with Crippen LogP contribution < -0.4 is 0 Å². The zero-order chi connectivity index (χ0) is 18.9. The molecule has 0 N–H and O–H groups in total. The van der Waals surface area contributed by atoms with Crippen molar-refractivity contribution in [3.05, 3.63) is 66.3 Å². The molecular formula is C20H14N6S2. The van der Waals surface area contributed by atoms with E-state index in [0.717, 1.165) is 43.2 Å². The smallest absolute Gasteiger partial charge is 0.197 e. The van der Waals surface area contributed by atoms with Crippen LogP contribution in [0, 0.1) is 0 Å². The number of hydrogen-bond acceptors (Lipinski definition) is 7. The Kier molecular flexibility index (Phi) is 4.34. The molecule has 0 atom stereocenters. The van der Waals surface area contributed by atoms with Crippen LogP contribution in [0.2, 0.25) is 0 Å². The van der Waals surface area contributed by atoms with Gasteiger partial charge in [0, 0.05) is 30.4 Å². The van der Waals surface area contributed by atoms with Crippen molar-refractivity contribution in [2.24, 2.45) is 7.05 Å². The highest BCUT2D eigenvalue weighted by Gasteiger charge is 2.16. The van der Waals surface area contributed by atoms with Crippen molar-refractivity contribution >= 4 is 34.0 Å². The summed E-state index contributed by atoms with van der Waals surface area (Å²) in [5.41, 5.74) is 1.89. The second-order valence-corrected chi connectivity index (χ2v) is 7.95. The highest BCUT2D eigenvalue weighted by atomic mass is 32.2. The van der Waals surface area contributed by atoms with Crippen molar-refractivity contribution in [3.8, 4) is 22.1 Å². The van der Waals surface area contributed by atoms with Gasteiger partial charge in [-0.3, -0.25) is 4.98 Å². The molecule has 0 aliphatic carbocycles. The summed E-state index contributed by atoms with van der Waals surface area (Å²) >= 11 is 3.13. The predicted molar refractivity (Wildman–Crippen MR) is 111 cm³/mol. The molecule has 0 spiro atoms. The molecular weight excluding hydrogens is 388 g/mol. The molecule has 8 heteroatoms. The van der Waals surface area contributed by atoms with E-state index in [9.17, 15) is 0 Å². The van der Waals surface area contributed by atoms with Gasteiger partial charge in [-0.15, -0.1) is 21.5 Å². The van der Waals surface area contributed by atoms with Gasteiger partial charge in [0.05, 0.1) is 10.4 Å². The summed E-state index contributed by atoms with van der Waals surface area (Å²) in [5, 5.41) is 13.4. The highest BCUT2D eigenvalue weighted by Crippen LogP contribution is 2.34. The molecule has 0 amide bonds. The largest absolute Gasteiger partial charge is 0.305 e. The summed E-state index contributed by atoms with van der Waals surface area (Å²) < 4.78 is 1.97. The minimum atomic E-state index is 0.729. The normalized spacial score (nSPS) is 11.2.